The zero-order valence-corrected chi connectivity index (χ0v) is 46.5. The van der Waals surface area contributed by atoms with E-state index in [0.717, 1.165) is 5.56 Å². The number of aliphatic carboxylic acids is 1. The lowest BCUT2D eigenvalue weighted by molar-refractivity contribution is -0.142. The van der Waals surface area contributed by atoms with E-state index >= 15 is 0 Å². The summed E-state index contributed by atoms with van der Waals surface area (Å²) in [5, 5.41) is 27.0. The van der Waals surface area contributed by atoms with Crippen LogP contribution in [0.3, 0.4) is 0 Å². The van der Waals surface area contributed by atoms with Gasteiger partial charge in [0, 0.05) is 30.9 Å². The minimum atomic E-state index is -1.76. The van der Waals surface area contributed by atoms with Crippen molar-refractivity contribution < 1.29 is 67.3 Å². The average molecular weight is 1110 g/mol. The van der Waals surface area contributed by atoms with Crippen LogP contribution in [0.5, 0.6) is 5.75 Å². The number of hydrogen-bond acceptors (Lipinski definition) is 14. The van der Waals surface area contributed by atoms with Crippen molar-refractivity contribution in [2.24, 2.45) is 23.3 Å². The van der Waals surface area contributed by atoms with Crippen molar-refractivity contribution in [3.63, 3.8) is 0 Å². The summed E-state index contributed by atoms with van der Waals surface area (Å²) in [7, 11) is 1.49. The molecular weight excluding hydrogens is 1030 g/mol. The molecule has 0 saturated carbocycles. The molecule has 0 aliphatic carbocycles. The number of benzene rings is 2. The molecule has 0 spiro atoms. The highest BCUT2D eigenvalue weighted by molar-refractivity contribution is 7.98. The smallest absolute Gasteiger partial charge is 0.408 e. The van der Waals surface area contributed by atoms with Gasteiger partial charge in [-0.1, -0.05) is 76.6 Å². The second-order valence-corrected chi connectivity index (χ2v) is 21.5. The van der Waals surface area contributed by atoms with Crippen LogP contribution in [-0.2, 0) is 64.9 Å². The van der Waals surface area contributed by atoms with E-state index in [4.69, 9.17) is 26.0 Å². The summed E-state index contributed by atoms with van der Waals surface area (Å²) < 4.78 is 10.7. The Hall–Kier alpha value is -7.44. The van der Waals surface area contributed by atoms with Crippen LogP contribution in [0.15, 0.2) is 54.6 Å². The van der Waals surface area contributed by atoms with Crippen LogP contribution in [0.4, 0.5) is 4.79 Å². The third-order valence-electron chi connectivity index (χ3n) is 12.4. The van der Waals surface area contributed by atoms with Crippen LogP contribution in [0, 0.1) is 11.8 Å². The Kier molecular flexibility index (Phi) is 26.4. The number of hydrogen-bond donors (Lipinski definition) is 10. The second-order valence-electron chi connectivity index (χ2n) is 20.5. The van der Waals surface area contributed by atoms with Gasteiger partial charge in [-0.05, 0) is 81.5 Å². The molecule has 2 aromatic rings. The van der Waals surface area contributed by atoms with Crippen molar-refractivity contribution in [3.05, 3.63) is 65.7 Å². The molecule has 0 aromatic heterocycles. The fourth-order valence-corrected chi connectivity index (χ4v) is 9.20. The van der Waals surface area contributed by atoms with E-state index in [2.05, 4.69) is 37.2 Å². The van der Waals surface area contributed by atoms with E-state index in [-0.39, 0.29) is 37.5 Å². The SMILES string of the molecule is CC[C@H](C)[C@H](NC(=O)[C@H](Cc1ccc(OC)cc1)NC(=O)OC(C)(C)C)C(=O)N[C@@H](CCC(N)=O)C(=O)N[C@@H](CC(N)=O)C(=O)N[C@@H](CSCc1ccccc1)C(=O)N1CCC[C@H]1C(=O)N[C@@H](CC(C)C)C(=O)NCC(=O)O. The van der Waals surface area contributed by atoms with Crippen LogP contribution < -0.4 is 53.4 Å². The molecular formula is C53H78N10O14S. The van der Waals surface area contributed by atoms with Gasteiger partial charge in [0.25, 0.3) is 0 Å². The molecule has 10 amide bonds. The molecule has 25 heteroatoms. The summed E-state index contributed by atoms with van der Waals surface area (Å²) in [5.41, 5.74) is 11.7. The third kappa shape index (κ3) is 22.6. The summed E-state index contributed by atoms with van der Waals surface area (Å²) in [4.78, 5) is 149. The van der Waals surface area contributed by atoms with Crippen LogP contribution in [-0.4, -0.2) is 149 Å². The molecule has 430 valence electrons. The molecule has 1 heterocycles. The Balaban J connectivity index is 1.93. The summed E-state index contributed by atoms with van der Waals surface area (Å²) in [5.74, 6) is -8.88. The van der Waals surface area contributed by atoms with Gasteiger partial charge in [-0.25, -0.2) is 4.79 Å². The summed E-state index contributed by atoms with van der Waals surface area (Å²) in [6, 6.07) is 6.33. The van der Waals surface area contributed by atoms with E-state index < -0.39 is 145 Å². The van der Waals surface area contributed by atoms with Gasteiger partial charge < -0.3 is 68.2 Å². The van der Waals surface area contributed by atoms with Crippen LogP contribution >= 0.6 is 11.8 Å². The first kappa shape index (κ1) is 64.8. The number of ether oxygens (including phenoxy) is 2. The number of carboxylic acids is 1. The van der Waals surface area contributed by atoms with Gasteiger partial charge in [-0.2, -0.15) is 11.8 Å². The van der Waals surface area contributed by atoms with Crippen LogP contribution in [0.1, 0.15) is 105 Å². The number of nitrogens with zero attached hydrogens (tertiary/aromatic N) is 1. The molecule has 78 heavy (non-hydrogen) atoms. The number of primary amides is 2. The number of thioether (sulfide) groups is 1. The Morgan fingerprint density at radius 2 is 1.35 bits per heavy atom. The van der Waals surface area contributed by atoms with Gasteiger partial charge in [0.2, 0.25) is 53.2 Å². The van der Waals surface area contributed by atoms with Crippen molar-refractivity contribution in [2.45, 2.75) is 153 Å². The Morgan fingerprint density at radius 3 is 1.92 bits per heavy atom. The number of carboxylic acid groups (broad SMARTS) is 1. The van der Waals surface area contributed by atoms with Crippen LogP contribution in [0.25, 0.3) is 0 Å². The third-order valence-corrected chi connectivity index (χ3v) is 13.5. The van der Waals surface area contributed by atoms with E-state index in [1.54, 1.807) is 58.9 Å². The fraction of sp³-hybridized carbons (Fsp3) is 0.566. The molecule has 1 aliphatic rings. The van der Waals surface area contributed by atoms with Gasteiger partial charge in [0.1, 0.15) is 60.2 Å². The molecule has 0 unspecified atom stereocenters. The lowest BCUT2D eigenvalue weighted by Gasteiger charge is -2.31. The standard InChI is InChI=1S/C53H78N10O14S/c1-9-31(4)44(62-48(71)37(61-52(75)77-53(5,6)7)25-32-17-19-34(76-8)20-18-32)50(73)57-35(21-22-41(54)64)46(69)58-38(26-42(55)65)47(70)60-39(29-78-28-33-14-11-10-12-15-33)51(74)63-23-13-16-40(63)49(72)59-36(24-30(2)3)45(68)56-27-43(66)67/h10-12,14-15,17-20,30-31,35-40,44H,9,13,16,21-29H2,1-8H3,(H2,54,64)(H2,55,65)(H,56,68)(H,57,73)(H,58,69)(H,59,72)(H,60,70)(H,61,75)(H,62,71)(H,66,67)/t31-,35-,36-,37-,38-,39-,40-,44-/m0/s1. The maximum absolute atomic E-state index is 14.6. The maximum atomic E-state index is 14.6. The quantitative estimate of drug-likeness (QED) is 0.0502. The van der Waals surface area contributed by atoms with Crippen molar-refractivity contribution in [1.29, 1.82) is 0 Å². The zero-order chi connectivity index (χ0) is 58.3. The first-order valence-electron chi connectivity index (χ1n) is 25.8. The maximum Gasteiger partial charge on any atom is 0.408 e. The monoisotopic (exact) mass is 1110 g/mol. The lowest BCUT2D eigenvalue weighted by Crippen LogP contribution is -2.61. The van der Waals surface area contributed by atoms with E-state index in [1.807, 2.05) is 44.2 Å². The summed E-state index contributed by atoms with van der Waals surface area (Å²) >= 11 is 1.27. The number of rotatable bonds is 31. The van der Waals surface area contributed by atoms with Crippen molar-refractivity contribution in [1.82, 2.24) is 42.1 Å². The number of nitrogens with one attached hydrogen (secondary N) is 7. The van der Waals surface area contributed by atoms with Gasteiger partial charge >= 0.3 is 12.1 Å². The molecule has 1 aliphatic heterocycles. The van der Waals surface area contributed by atoms with E-state index in [9.17, 15) is 52.7 Å². The van der Waals surface area contributed by atoms with Crippen molar-refractivity contribution in [3.8, 4) is 5.75 Å². The molecule has 1 saturated heterocycles. The molecule has 24 nitrogen and oxygen atoms in total. The highest BCUT2D eigenvalue weighted by Crippen LogP contribution is 2.23. The highest BCUT2D eigenvalue weighted by Gasteiger charge is 2.41. The number of nitrogens with two attached hydrogens (primary N) is 2. The fourth-order valence-electron chi connectivity index (χ4n) is 8.19. The summed E-state index contributed by atoms with van der Waals surface area (Å²) in [6.45, 7) is 11.4. The predicted molar refractivity (Wildman–Crippen MR) is 289 cm³/mol. The normalized spacial score (nSPS) is 15.9. The Morgan fingerprint density at radius 1 is 0.731 bits per heavy atom. The lowest BCUT2D eigenvalue weighted by atomic mass is 9.96. The molecule has 1 fully saturated rings. The Bertz CT molecular complexity index is 2400. The number of methoxy groups -OCH3 is 1. The van der Waals surface area contributed by atoms with E-state index in [1.165, 1.54) is 23.8 Å². The van der Waals surface area contributed by atoms with Gasteiger partial charge in [0.15, 0.2) is 0 Å². The van der Waals surface area contributed by atoms with Crippen molar-refractivity contribution >= 4 is 77.0 Å². The first-order chi connectivity index (χ1) is 36.7. The van der Waals surface area contributed by atoms with Crippen LogP contribution in [0.2, 0.25) is 0 Å². The van der Waals surface area contributed by atoms with Crippen molar-refractivity contribution in [2.75, 3.05) is 26.0 Å². The van der Waals surface area contributed by atoms with Gasteiger partial charge in [0.05, 0.1) is 13.5 Å². The van der Waals surface area contributed by atoms with Gasteiger partial charge in [-0.15, -0.1) is 0 Å². The number of amides is 10. The second kappa shape index (κ2) is 31.7. The molecule has 8 atom stereocenters. The minimum Gasteiger partial charge on any atom is -0.497 e. The Labute approximate surface area is 459 Å². The van der Waals surface area contributed by atoms with E-state index in [0.29, 0.717) is 29.9 Å². The molecule has 12 N–H and O–H groups in total. The molecule has 0 radical (unpaired) electrons. The largest absolute Gasteiger partial charge is 0.497 e. The number of carbonyl (C=O) groups is 11. The van der Waals surface area contributed by atoms with Gasteiger partial charge in [-0.3, -0.25) is 47.9 Å². The topological polar surface area (TPSA) is 366 Å². The number of carbonyl (C=O) groups excluding carboxylic acids is 10. The average Bonchev–Trinajstić information content (AvgIpc) is 3.87. The summed E-state index contributed by atoms with van der Waals surface area (Å²) in [6.07, 6.45) is -1.55. The molecule has 2 aromatic carbocycles. The minimum absolute atomic E-state index is 0.0422. The highest BCUT2D eigenvalue weighted by atomic mass is 32.2. The molecule has 3 rings (SSSR count). The number of alkyl carbamates (subject to hydrolysis) is 1. The zero-order valence-electron chi connectivity index (χ0n) is 45.6. The predicted octanol–water partition coefficient (Wildman–Crippen LogP) is 0.913. The molecule has 0 bridgehead atoms. The number of likely N-dealkylation sites (tertiary alicyclic amines) is 1. The first-order valence-corrected chi connectivity index (χ1v) is 27.0.